The van der Waals surface area contributed by atoms with Gasteiger partial charge in [-0.3, -0.25) is 9.59 Å². The lowest BCUT2D eigenvalue weighted by Gasteiger charge is -2.15. The van der Waals surface area contributed by atoms with E-state index in [-0.39, 0.29) is 17.4 Å². The van der Waals surface area contributed by atoms with Crippen LogP contribution in [0.4, 0.5) is 4.39 Å². The van der Waals surface area contributed by atoms with Crippen molar-refractivity contribution in [3.63, 3.8) is 0 Å². The maximum atomic E-state index is 13.6. The SMILES string of the molecule is Cc1ccc(C(=O)N/C(=C\c2cn(-c3ccccc3)nc2-c2ccc(F)cc2)C(=O)N(C)C)cc1. The zero-order valence-corrected chi connectivity index (χ0v) is 19.7. The normalized spacial score (nSPS) is 11.3. The molecule has 2 amide bonds. The predicted molar refractivity (Wildman–Crippen MR) is 134 cm³/mol. The molecule has 0 saturated heterocycles. The summed E-state index contributed by atoms with van der Waals surface area (Å²) in [7, 11) is 3.23. The standard InChI is InChI=1S/C28H25FN4O2/c1-19-9-11-21(12-10-19)27(34)30-25(28(35)32(2)3)17-22-18-33(24-7-5-4-6-8-24)31-26(22)20-13-15-23(29)16-14-20/h4-18H,1-3H3,(H,30,34)/b25-17-. The topological polar surface area (TPSA) is 67.2 Å². The number of benzene rings is 3. The van der Waals surface area contributed by atoms with Crippen molar-refractivity contribution < 1.29 is 14.0 Å². The first-order chi connectivity index (χ1) is 16.8. The molecule has 1 N–H and O–H groups in total. The van der Waals surface area contributed by atoms with Gasteiger partial charge in [0.2, 0.25) is 0 Å². The number of nitrogens with zero attached hydrogens (tertiary/aromatic N) is 3. The number of aryl methyl sites for hydroxylation is 1. The molecule has 0 bridgehead atoms. The molecule has 1 heterocycles. The van der Waals surface area contributed by atoms with Crippen molar-refractivity contribution in [1.29, 1.82) is 0 Å². The first kappa shape index (κ1) is 23.6. The Morgan fingerprint density at radius 2 is 1.60 bits per heavy atom. The molecule has 0 atom stereocenters. The Morgan fingerprint density at radius 3 is 2.23 bits per heavy atom. The minimum absolute atomic E-state index is 0.0940. The first-order valence-electron chi connectivity index (χ1n) is 11.0. The van der Waals surface area contributed by atoms with Crippen LogP contribution in [0.3, 0.4) is 0 Å². The minimum Gasteiger partial charge on any atom is -0.344 e. The Morgan fingerprint density at radius 1 is 0.943 bits per heavy atom. The molecular formula is C28H25FN4O2. The maximum absolute atomic E-state index is 13.6. The van der Waals surface area contributed by atoms with Gasteiger partial charge < -0.3 is 10.2 Å². The van der Waals surface area contributed by atoms with E-state index in [1.165, 1.54) is 17.0 Å². The molecular weight excluding hydrogens is 443 g/mol. The van der Waals surface area contributed by atoms with E-state index in [9.17, 15) is 14.0 Å². The van der Waals surface area contributed by atoms with Crippen LogP contribution in [0.1, 0.15) is 21.5 Å². The number of hydrogen-bond acceptors (Lipinski definition) is 3. The molecule has 3 aromatic carbocycles. The zero-order valence-electron chi connectivity index (χ0n) is 19.7. The van der Waals surface area contributed by atoms with E-state index in [1.54, 1.807) is 55.3 Å². The van der Waals surface area contributed by atoms with E-state index >= 15 is 0 Å². The average Bonchev–Trinajstić information content (AvgIpc) is 3.28. The maximum Gasteiger partial charge on any atom is 0.269 e. The molecule has 0 aliphatic rings. The third-order valence-electron chi connectivity index (χ3n) is 5.38. The number of halogens is 1. The van der Waals surface area contributed by atoms with Crippen LogP contribution in [-0.2, 0) is 4.79 Å². The van der Waals surface area contributed by atoms with Gasteiger partial charge in [-0.15, -0.1) is 0 Å². The summed E-state index contributed by atoms with van der Waals surface area (Å²) in [5.74, 6) is -1.13. The second-order valence-corrected chi connectivity index (χ2v) is 8.30. The molecule has 0 fully saturated rings. The van der Waals surface area contributed by atoms with Crippen LogP contribution in [0.15, 0.2) is 90.8 Å². The van der Waals surface area contributed by atoms with Crippen molar-refractivity contribution in [3.8, 4) is 16.9 Å². The number of aromatic nitrogens is 2. The summed E-state index contributed by atoms with van der Waals surface area (Å²) >= 11 is 0. The quantitative estimate of drug-likeness (QED) is 0.412. The number of hydrogen-bond donors (Lipinski definition) is 1. The third kappa shape index (κ3) is 5.52. The third-order valence-corrected chi connectivity index (χ3v) is 5.38. The lowest BCUT2D eigenvalue weighted by atomic mass is 10.1. The van der Waals surface area contributed by atoms with Crippen LogP contribution in [0.2, 0.25) is 0 Å². The molecule has 4 rings (SSSR count). The molecule has 4 aromatic rings. The highest BCUT2D eigenvalue weighted by atomic mass is 19.1. The Kier molecular flexibility index (Phi) is 6.87. The van der Waals surface area contributed by atoms with Crippen molar-refractivity contribution >= 4 is 17.9 Å². The summed E-state index contributed by atoms with van der Waals surface area (Å²) in [6, 6.07) is 22.6. The van der Waals surface area contributed by atoms with Crippen molar-refractivity contribution in [2.45, 2.75) is 6.92 Å². The number of rotatable bonds is 6. The van der Waals surface area contributed by atoms with Gasteiger partial charge in [0, 0.05) is 37.0 Å². The molecule has 0 unspecified atom stereocenters. The van der Waals surface area contributed by atoms with Gasteiger partial charge in [-0.2, -0.15) is 5.10 Å². The number of nitrogens with one attached hydrogen (secondary N) is 1. The fourth-order valence-electron chi connectivity index (χ4n) is 3.49. The fourth-order valence-corrected chi connectivity index (χ4v) is 3.49. The van der Waals surface area contributed by atoms with E-state index in [0.29, 0.717) is 22.4 Å². The van der Waals surface area contributed by atoms with E-state index in [2.05, 4.69) is 5.32 Å². The summed E-state index contributed by atoms with van der Waals surface area (Å²) in [6.07, 6.45) is 3.37. The van der Waals surface area contributed by atoms with Crippen LogP contribution in [0.5, 0.6) is 0 Å². The predicted octanol–water partition coefficient (Wildman–Crippen LogP) is 4.85. The van der Waals surface area contributed by atoms with E-state index in [1.807, 2.05) is 49.4 Å². The smallest absolute Gasteiger partial charge is 0.269 e. The summed E-state index contributed by atoms with van der Waals surface area (Å²) in [5, 5.41) is 7.45. The Hall–Kier alpha value is -4.52. The molecule has 7 heteroatoms. The molecule has 176 valence electrons. The van der Waals surface area contributed by atoms with Gasteiger partial charge in [0.25, 0.3) is 11.8 Å². The van der Waals surface area contributed by atoms with Crippen LogP contribution < -0.4 is 5.32 Å². The van der Waals surface area contributed by atoms with Gasteiger partial charge in [-0.05, 0) is 61.5 Å². The van der Waals surface area contributed by atoms with Crippen molar-refractivity contribution in [1.82, 2.24) is 20.0 Å². The largest absolute Gasteiger partial charge is 0.344 e. The average molecular weight is 469 g/mol. The molecule has 0 spiro atoms. The van der Waals surface area contributed by atoms with Crippen molar-refractivity contribution in [2.75, 3.05) is 14.1 Å². The lowest BCUT2D eigenvalue weighted by Crippen LogP contribution is -2.34. The molecule has 0 saturated carbocycles. The highest BCUT2D eigenvalue weighted by Crippen LogP contribution is 2.26. The molecule has 0 aliphatic heterocycles. The minimum atomic E-state index is -0.398. The molecule has 6 nitrogen and oxygen atoms in total. The number of para-hydroxylation sites is 1. The number of amides is 2. The summed E-state index contributed by atoms with van der Waals surface area (Å²) in [4.78, 5) is 27.3. The van der Waals surface area contributed by atoms with Gasteiger partial charge in [0.15, 0.2) is 0 Å². The highest BCUT2D eigenvalue weighted by molar-refractivity contribution is 6.05. The molecule has 1 aromatic heterocycles. The van der Waals surface area contributed by atoms with E-state index in [0.717, 1.165) is 11.3 Å². The van der Waals surface area contributed by atoms with Crippen molar-refractivity contribution in [3.05, 3.63) is 113 Å². The molecule has 0 radical (unpaired) electrons. The summed E-state index contributed by atoms with van der Waals surface area (Å²) < 4.78 is 15.3. The second-order valence-electron chi connectivity index (χ2n) is 8.30. The van der Waals surface area contributed by atoms with Crippen LogP contribution in [-0.4, -0.2) is 40.6 Å². The van der Waals surface area contributed by atoms with Gasteiger partial charge in [-0.25, -0.2) is 9.07 Å². The Balaban J connectivity index is 1.80. The first-order valence-corrected chi connectivity index (χ1v) is 11.0. The lowest BCUT2D eigenvalue weighted by molar-refractivity contribution is -0.124. The number of carbonyl (C=O) groups is 2. The van der Waals surface area contributed by atoms with E-state index in [4.69, 9.17) is 5.10 Å². The Labute approximate surface area is 203 Å². The number of likely N-dealkylation sites (N-methyl/N-ethyl adjacent to an activating group) is 1. The summed E-state index contributed by atoms with van der Waals surface area (Å²) in [6.45, 7) is 1.93. The van der Waals surface area contributed by atoms with Gasteiger partial charge >= 0.3 is 0 Å². The van der Waals surface area contributed by atoms with Crippen LogP contribution in [0, 0.1) is 12.7 Å². The molecule has 0 aliphatic carbocycles. The zero-order chi connectivity index (χ0) is 24.9. The highest BCUT2D eigenvalue weighted by Gasteiger charge is 2.19. The van der Waals surface area contributed by atoms with E-state index < -0.39 is 5.91 Å². The Bertz CT molecular complexity index is 1370. The second kappa shape index (κ2) is 10.2. The summed E-state index contributed by atoms with van der Waals surface area (Å²) in [5.41, 5.74) is 4.19. The monoisotopic (exact) mass is 468 g/mol. The van der Waals surface area contributed by atoms with Gasteiger partial charge in [-0.1, -0.05) is 35.9 Å². The molecule has 35 heavy (non-hydrogen) atoms. The van der Waals surface area contributed by atoms with Crippen molar-refractivity contribution in [2.24, 2.45) is 0 Å². The van der Waals surface area contributed by atoms with Crippen LogP contribution >= 0.6 is 0 Å². The fraction of sp³-hybridized carbons (Fsp3) is 0.107. The van der Waals surface area contributed by atoms with Gasteiger partial charge in [0.05, 0.1) is 5.69 Å². The van der Waals surface area contributed by atoms with Crippen LogP contribution in [0.25, 0.3) is 23.0 Å². The number of carbonyl (C=O) groups excluding carboxylic acids is 2. The van der Waals surface area contributed by atoms with Gasteiger partial charge in [0.1, 0.15) is 17.2 Å².